The van der Waals surface area contributed by atoms with Crippen molar-refractivity contribution < 1.29 is 32.7 Å². The molecule has 0 aromatic carbocycles. The molecule has 0 atom stereocenters. The van der Waals surface area contributed by atoms with E-state index < -0.39 is 0 Å². The quantitative estimate of drug-likeness (QED) is 0.520. The first kappa shape index (κ1) is 12.7. The molecule has 0 unspecified atom stereocenters. The van der Waals surface area contributed by atoms with Gasteiger partial charge in [-0.2, -0.15) is 0 Å². The van der Waals surface area contributed by atoms with Crippen molar-refractivity contribution in [3.05, 3.63) is 26.4 Å². The van der Waals surface area contributed by atoms with E-state index in [4.69, 9.17) is 0 Å². The van der Waals surface area contributed by atoms with Crippen molar-refractivity contribution >= 4 is 44.1 Å². The number of hydrogen-bond acceptors (Lipinski definition) is 0. The topological polar surface area (TPSA) is 0 Å². The molecule has 0 bridgehead atoms. The molecule has 8 heavy (non-hydrogen) atoms. The summed E-state index contributed by atoms with van der Waals surface area (Å²) in [6, 6.07) is 6.29. The Morgan fingerprint density at radius 2 is 1.38 bits per heavy atom. The van der Waals surface area contributed by atoms with Crippen LogP contribution in [0.15, 0.2) is 26.4 Å². The van der Waals surface area contributed by atoms with Gasteiger partial charge in [0.2, 0.25) is 0 Å². The van der Waals surface area contributed by atoms with Crippen LogP contribution in [0.5, 0.6) is 0 Å². The Balaban J connectivity index is 0. The van der Waals surface area contributed by atoms with Crippen molar-refractivity contribution in [2.45, 2.75) is 0 Å². The third kappa shape index (κ3) is 6.16. The van der Waals surface area contributed by atoms with Gasteiger partial charge in [0, 0.05) is 0 Å². The molecule has 0 fully saturated rings. The molecule has 1 aromatic rings. The predicted molar refractivity (Wildman–Crippen MR) is 37.7 cm³/mol. The summed E-state index contributed by atoms with van der Waals surface area (Å²) >= 11 is 0.180. The van der Waals surface area contributed by atoms with Crippen LogP contribution in [-0.2, 0) is 32.7 Å². The van der Waals surface area contributed by atoms with Crippen molar-refractivity contribution in [3.8, 4) is 0 Å². The van der Waals surface area contributed by atoms with Gasteiger partial charge < -0.3 is 0 Å². The molecule has 0 nitrogen and oxygen atoms in total. The van der Waals surface area contributed by atoms with Crippen LogP contribution < -0.4 is 0 Å². The normalized spacial score (nSPS) is 6.00. The maximum absolute atomic E-state index is 2.26. The third-order valence-corrected chi connectivity index (χ3v) is 2.33. The van der Waals surface area contributed by atoms with Gasteiger partial charge in [-0.1, -0.05) is 0 Å². The summed E-state index contributed by atoms with van der Waals surface area (Å²) < 4.78 is 4.51. The Morgan fingerprint density at radius 3 is 1.50 bits per heavy atom. The second-order valence-corrected chi connectivity index (χ2v) is 3.32. The zero-order valence-electron chi connectivity index (χ0n) is 4.45. The van der Waals surface area contributed by atoms with Gasteiger partial charge in [0.05, 0.1) is 0 Å². The van der Waals surface area contributed by atoms with E-state index in [0.29, 0.717) is 0 Å². The van der Waals surface area contributed by atoms with Gasteiger partial charge in [-0.15, -0.1) is 0 Å². The fourth-order valence-corrected chi connectivity index (χ4v) is 1.59. The second-order valence-electron chi connectivity index (χ2n) is 0.986. The van der Waals surface area contributed by atoms with E-state index in [1.165, 1.54) is 0 Å². The zero-order chi connectivity index (χ0) is 4.24. The average Bonchev–Trinajstić information content (AvgIpc) is 1.72. The van der Waals surface area contributed by atoms with E-state index in [0.717, 1.165) is 0 Å². The molecule has 0 amide bonds. The first-order chi connectivity index (χ1) is 3.00. The fourth-order valence-electron chi connectivity index (χ4n) is 0.291. The van der Waals surface area contributed by atoms with Crippen LogP contribution in [0.1, 0.15) is 0 Å². The van der Waals surface area contributed by atoms with Crippen LogP contribution >= 0.6 is 0 Å². The monoisotopic (exact) mass is 417 g/mol. The molecular weight excluding hydrogens is 404 g/mol. The molecule has 1 rings (SSSR count). The van der Waals surface area contributed by atoms with E-state index in [2.05, 4.69) is 26.4 Å². The molecule has 0 aliphatic rings. The predicted octanol–water partition coefficient (Wildman–Crippen LogP) is -0.162. The van der Waals surface area contributed by atoms with Crippen molar-refractivity contribution in [3.63, 3.8) is 0 Å². The first-order valence-electron chi connectivity index (χ1n) is 1.80. The second kappa shape index (κ2) is 9.03. The van der Waals surface area contributed by atoms with Crippen molar-refractivity contribution in [1.29, 1.82) is 0 Å². The van der Waals surface area contributed by atoms with Gasteiger partial charge in [0.1, 0.15) is 0 Å². The molecule has 0 saturated heterocycles. The summed E-state index contributed by atoms with van der Waals surface area (Å²) in [5.41, 5.74) is 0. The first-order valence-corrected chi connectivity index (χ1v) is 4.50. The Kier molecular flexibility index (Phi) is 14.3. The van der Waals surface area contributed by atoms with Gasteiger partial charge in [-0.25, -0.2) is 0 Å². The van der Waals surface area contributed by atoms with E-state index in [1.54, 1.807) is 0 Å². The van der Waals surface area contributed by atoms with Crippen molar-refractivity contribution in [2.75, 3.05) is 0 Å². The van der Waals surface area contributed by atoms with E-state index in [1.807, 2.05) is 0 Å². The van der Waals surface area contributed by atoms with Gasteiger partial charge in [-0.05, 0) is 0 Å². The molecule has 1 aromatic heterocycles. The summed E-state index contributed by atoms with van der Waals surface area (Å²) in [7, 11) is 0. The van der Waals surface area contributed by atoms with Crippen LogP contribution in [0.25, 0.3) is 0 Å². The van der Waals surface area contributed by atoms with Gasteiger partial charge in [-0.3, -0.25) is 0 Å². The minimum atomic E-state index is 0. The van der Waals surface area contributed by atoms with Crippen molar-refractivity contribution in [2.24, 2.45) is 0 Å². The fraction of sp³-hybridized carbons (Fsp3) is 0. The SMILES string of the molecule is [TeH3+].[Y+3].c1cc[te+]cc1. The molecule has 1 heterocycles. The van der Waals surface area contributed by atoms with E-state index in [9.17, 15) is 0 Å². The molecule has 0 N–H and O–H groups in total. The third-order valence-electron chi connectivity index (χ3n) is 0.536. The summed E-state index contributed by atoms with van der Waals surface area (Å²) in [5, 5.41) is 0. The molecule has 38 valence electrons. The molecule has 3 heteroatoms. The van der Waals surface area contributed by atoms with Crippen molar-refractivity contribution in [1.82, 2.24) is 0 Å². The summed E-state index contributed by atoms with van der Waals surface area (Å²) in [6.07, 6.45) is 0. The average molecular weight is 412 g/mol. The zero-order valence-corrected chi connectivity index (χ0v) is 12.9. The Labute approximate surface area is 101 Å². The minimum absolute atomic E-state index is 0. The number of hydrogen-bond donors (Lipinski definition) is 0. The Bertz CT molecular complexity index is 82.4. The van der Waals surface area contributed by atoms with Gasteiger partial charge in [0.15, 0.2) is 0 Å². The molecule has 0 spiro atoms. The molecule has 0 aliphatic heterocycles. The Morgan fingerprint density at radius 1 is 0.875 bits per heavy atom. The molecule has 0 saturated carbocycles. The van der Waals surface area contributed by atoms with Crippen LogP contribution in [-0.4, -0.2) is 44.1 Å². The number of rotatable bonds is 0. The summed E-state index contributed by atoms with van der Waals surface area (Å²) in [4.78, 5) is 0. The van der Waals surface area contributed by atoms with Gasteiger partial charge in [0.25, 0.3) is 0 Å². The molecule has 0 aliphatic carbocycles. The van der Waals surface area contributed by atoms with Crippen LogP contribution in [0.3, 0.4) is 0 Å². The molecule has 0 radical (unpaired) electrons. The van der Waals surface area contributed by atoms with E-state index >= 15 is 0 Å². The standard InChI is InChI=1S/C5H5Te.H2Te.Y/c1-2-4-6-5-3-1;;/h1-5H;1H2;/q+1;;+3/p+1. The Hall–Kier alpha value is 2.03. The summed E-state index contributed by atoms with van der Waals surface area (Å²) in [5.74, 6) is 0. The van der Waals surface area contributed by atoms with E-state index in [-0.39, 0.29) is 76.8 Å². The summed E-state index contributed by atoms with van der Waals surface area (Å²) in [6.45, 7) is 0. The van der Waals surface area contributed by atoms with Crippen LogP contribution in [0, 0.1) is 0 Å². The van der Waals surface area contributed by atoms with Crippen LogP contribution in [0.2, 0.25) is 0 Å². The maximum atomic E-state index is 2.26. The molecular formula is C5H8Te2Y+5. The van der Waals surface area contributed by atoms with Gasteiger partial charge >= 0.3 is 103 Å². The van der Waals surface area contributed by atoms with Crippen LogP contribution in [0.4, 0.5) is 0 Å².